The lowest BCUT2D eigenvalue weighted by molar-refractivity contribution is -0.0498. The molecule has 8 nitrogen and oxygen atoms in total. The third-order valence-corrected chi connectivity index (χ3v) is 7.37. The highest BCUT2D eigenvalue weighted by atomic mass is 32.2. The summed E-state index contributed by atoms with van der Waals surface area (Å²) in [5, 5.41) is 7.42. The molecule has 0 unspecified atom stereocenters. The van der Waals surface area contributed by atoms with E-state index in [1.165, 1.54) is 18.3 Å². The number of nitrogens with zero attached hydrogens (tertiary/aromatic N) is 3. The molecule has 3 aromatic rings. The van der Waals surface area contributed by atoms with Crippen molar-refractivity contribution in [2.24, 2.45) is 5.92 Å². The van der Waals surface area contributed by atoms with Crippen molar-refractivity contribution in [1.29, 1.82) is 0 Å². The molecule has 1 fully saturated rings. The minimum absolute atomic E-state index is 0.00810. The van der Waals surface area contributed by atoms with Crippen molar-refractivity contribution in [2.45, 2.75) is 39.5 Å². The number of fused-ring (bicyclic) bond motifs is 1. The Hall–Kier alpha value is -3.08. The number of benzene rings is 1. The largest absolute Gasteiger partial charge is 0.435 e. The molecule has 1 saturated heterocycles. The molecular weight excluding hydrogens is 454 g/mol. The van der Waals surface area contributed by atoms with E-state index in [9.17, 15) is 22.0 Å². The van der Waals surface area contributed by atoms with Crippen LogP contribution in [-0.4, -0.2) is 52.7 Å². The van der Waals surface area contributed by atoms with Gasteiger partial charge in [-0.2, -0.15) is 13.9 Å². The molecule has 0 aliphatic carbocycles. The molecule has 4 rings (SSSR count). The molecule has 11 heteroatoms. The second-order valence-corrected chi connectivity index (χ2v) is 11.0. The zero-order chi connectivity index (χ0) is 24.0. The molecule has 1 amide bonds. The maximum atomic E-state index is 12.8. The Morgan fingerprint density at radius 3 is 2.64 bits per heavy atom. The monoisotopic (exact) mass is 478 g/mol. The van der Waals surface area contributed by atoms with Gasteiger partial charge in [-0.15, -0.1) is 0 Å². The number of halogens is 2. The van der Waals surface area contributed by atoms with Crippen LogP contribution in [0.25, 0.3) is 22.3 Å². The van der Waals surface area contributed by atoms with Crippen LogP contribution in [0.4, 0.5) is 8.78 Å². The first kappa shape index (κ1) is 23.1. The summed E-state index contributed by atoms with van der Waals surface area (Å²) in [4.78, 5) is 17.3. The van der Waals surface area contributed by atoms with Gasteiger partial charge in [0.15, 0.2) is 9.84 Å². The van der Waals surface area contributed by atoms with Gasteiger partial charge < -0.3 is 10.1 Å². The average Bonchev–Trinajstić information content (AvgIpc) is 3.03. The first-order valence-electron chi connectivity index (χ1n) is 10.4. The fourth-order valence-electron chi connectivity index (χ4n) is 4.02. The summed E-state index contributed by atoms with van der Waals surface area (Å²) in [7, 11) is -3.11. The zero-order valence-electron chi connectivity index (χ0n) is 18.4. The number of sulfone groups is 1. The molecule has 1 N–H and O–H groups in total. The van der Waals surface area contributed by atoms with Gasteiger partial charge in [0, 0.05) is 18.3 Å². The van der Waals surface area contributed by atoms with E-state index in [4.69, 9.17) is 0 Å². The normalized spacial score (nSPS) is 16.7. The molecule has 0 saturated carbocycles. The Balaban J connectivity index is 1.71. The number of nitrogens with one attached hydrogen (secondary N) is 1. The highest BCUT2D eigenvalue weighted by Gasteiger charge is 2.45. The summed E-state index contributed by atoms with van der Waals surface area (Å²) in [5.74, 6) is -0.380. The summed E-state index contributed by atoms with van der Waals surface area (Å²) in [6.45, 7) is 3.33. The van der Waals surface area contributed by atoms with Gasteiger partial charge in [0.1, 0.15) is 17.0 Å². The summed E-state index contributed by atoms with van der Waals surface area (Å²) >= 11 is 0. The van der Waals surface area contributed by atoms with E-state index in [0.29, 0.717) is 28.8 Å². The zero-order valence-corrected chi connectivity index (χ0v) is 19.2. The molecule has 0 radical (unpaired) electrons. The maximum Gasteiger partial charge on any atom is 0.387 e. The molecule has 1 aliphatic rings. The van der Waals surface area contributed by atoms with Gasteiger partial charge in [-0.1, -0.05) is 26.0 Å². The molecule has 3 heterocycles. The Kier molecular flexibility index (Phi) is 5.85. The van der Waals surface area contributed by atoms with E-state index in [1.54, 1.807) is 29.8 Å². The summed E-state index contributed by atoms with van der Waals surface area (Å²) in [6.07, 6.45) is 1.40. The smallest absolute Gasteiger partial charge is 0.387 e. The molecule has 0 atom stereocenters. The fourth-order valence-corrected chi connectivity index (χ4v) is 6.03. The van der Waals surface area contributed by atoms with Crippen LogP contribution in [0, 0.1) is 5.92 Å². The Bertz CT molecular complexity index is 1310. The minimum Gasteiger partial charge on any atom is -0.435 e. The highest BCUT2D eigenvalue weighted by molar-refractivity contribution is 7.93. The van der Waals surface area contributed by atoms with Crippen molar-refractivity contribution in [3.8, 4) is 17.0 Å². The number of ether oxygens (including phenoxy) is 1. The third kappa shape index (κ3) is 4.97. The summed E-state index contributed by atoms with van der Waals surface area (Å²) < 4.78 is 54.6. The van der Waals surface area contributed by atoms with Gasteiger partial charge in [-0.3, -0.25) is 14.5 Å². The van der Waals surface area contributed by atoms with Gasteiger partial charge >= 0.3 is 6.61 Å². The number of aromatic nitrogens is 3. The first-order valence-corrected chi connectivity index (χ1v) is 12.2. The topological polar surface area (TPSA) is 103 Å². The van der Waals surface area contributed by atoms with Crippen LogP contribution in [0.3, 0.4) is 0 Å². The van der Waals surface area contributed by atoms with Crippen molar-refractivity contribution in [2.75, 3.05) is 11.5 Å². The highest BCUT2D eigenvalue weighted by Crippen LogP contribution is 2.31. The van der Waals surface area contributed by atoms with Gasteiger partial charge in [0.05, 0.1) is 28.1 Å². The van der Waals surface area contributed by atoms with E-state index in [-0.39, 0.29) is 28.7 Å². The van der Waals surface area contributed by atoms with Crippen LogP contribution in [0.15, 0.2) is 36.5 Å². The number of carbonyl (C=O) groups excluding carboxylic acids is 1. The van der Waals surface area contributed by atoms with Gasteiger partial charge in [0.25, 0.3) is 5.91 Å². The fraction of sp³-hybridized carbons (Fsp3) is 0.409. The predicted octanol–water partition coefficient (Wildman–Crippen LogP) is 3.27. The van der Waals surface area contributed by atoms with Gasteiger partial charge in [-0.25, -0.2) is 8.42 Å². The number of hydrogen-bond donors (Lipinski definition) is 1. The molecule has 176 valence electrons. The number of amides is 1. The van der Waals surface area contributed by atoms with E-state index < -0.39 is 27.9 Å². The number of alkyl halides is 2. The molecule has 0 spiro atoms. The Morgan fingerprint density at radius 1 is 1.27 bits per heavy atom. The molecule has 1 aliphatic heterocycles. The summed E-state index contributed by atoms with van der Waals surface area (Å²) in [5.41, 5.74) is 1.63. The number of hydrogen-bond acceptors (Lipinski definition) is 6. The maximum absolute atomic E-state index is 12.8. The van der Waals surface area contributed by atoms with Crippen molar-refractivity contribution in [3.05, 3.63) is 42.1 Å². The third-order valence-electron chi connectivity index (χ3n) is 5.22. The number of carbonyl (C=O) groups is 1. The van der Waals surface area contributed by atoms with E-state index in [1.807, 2.05) is 13.8 Å². The number of pyridine rings is 1. The van der Waals surface area contributed by atoms with Gasteiger partial charge in [-0.05, 0) is 31.0 Å². The number of rotatable bonds is 7. The lowest BCUT2D eigenvalue weighted by Crippen LogP contribution is -2.63. The quantitative estimate of drug-likeness (QED) is 0.559. The van der Waals surface area contributed by atoms with Crippen molar-refractivity contribution in [1.82, 2.24) is 20.1 Å². The molecule has 0 bridgehead atoms. The molecule has 33 heavy (non-hydrogen) atoms. The van der Waals surface area contributed by atoms with Crippen LogP contribution in [0.2, 0.25) is 0 Å². The van der Waals surface area contributed by atoms with Gasteiger partial charge in [0.2, 0.25) is 0 Å². The van der Waals surface area contributed by atoms with Crippen LogP contribution in [0.1, 0.15) is 31.1 Å². The van der Waals surface area contributed by atoms with Crippen molar-refractivity contribution in [3.63, 3.8) is 0 Å². The Morgan fingerprint density at radius 2 is 2.00 bits per heavy atom. The molecule has 1 aromatic carbocycles. The first-order chi connectivity index (χ1) is 15.4. The van der Waals surface area contributed by atoms with Crippen LogP contribution in [0.5, 0.6) is 5.75 Å². The lowest BCUT2D eigenvalue weighted by atomic mass is 10.1. The van der Waals surface area contributed by atoms with Crippen molar-refractivity contribution < 1.29 is 26.7 Å². The molecular formula is C22H24F2N4O4S. The summed E-state index contributed by atoms with van der Waals surface area (Å²) in [6, 6.07) is 7.87. The van der Waals surface area contributed by atoms with Crippen molar-refractivity contribution >= 4 is 26.8 Å². The second kappa shape index (κ2) is 8.36. The minimum atomic E-state index is -3.11. The van der Waals surface area contributed by atoms with E-state index in [2.05, 4.69) is 20.1 Å². The molecule has 2 aromatic heterocycles. The van der Waals surface area contributed by atoms with E-state index in [0.717, 1.165) is 0 Å². The van der Waals surface area contributed by atoms with E-state index >= 15 is 0 Å². The predicted molar refractivity (Wildman–Crippen MR) is 119 cm³/mol. The lowest BCUT2D eigenvalue weighted by Gasteiger charge is -2.38. The standard InChI is InChI=1S/C22H24F2N4O4S/c1-13(2)10-28-17-8-15(20(29)26-22(3)11-33(30,31)12-22)9-25-19(17)18(27-28)14-5-4-6-16(7-14)32-21(23)24/h4-9,13,21H,10-12H2,1-3H3,(H,26,29). The van der Waals surface area contributed by atoms with Crippen LogP contribution < -0.4 is 10.1 Å². The van der Waals surface area contributed by atoms with Crippen LogP contribution in [-0.2, 0) is 16.4 Å². The van der Waals surface area contributed by atoms with Crippen LogP contribution >= 0.6 is 0 Å². The Labute approximate surface area is 189 Å². The second-order valence-electron chi connectivity index (χ2n) is 8.97. The average molecular weight is 479 g/mol. The SMILES string of the molecule is CC(C)Cn1nc(-c2cccc(OC(F)F)c2)c2ncc(C(=O)NC3(C)CS(=O)(=O)C3)cc21.